The van der Waals surface area contributed by atoms with Gasteiger partial charge in [-0.1, -0.05) is 47.0 Å². The highest BCUT2D eigenvalue weighted by atomic mass is 16.5. The number of carbonyl (C=O) groups excluding carboxylic acids is 1. The lowest BCUT2D eigenvalue weighted by atomic mass is 9.79. The number of nitrogens with zero attached hydrogens (tertiary/aromatic N) is 1. The Labute approximate surface area is 228 Å². The van der Waals surface area contributed by atoms with Crippen LogP contribution in [0.15, 0.2) is 18.2 Å². The van der Waals surface area contributed by atoms with Crippen molar-refractivity contribution in [1.82, 2.24) is 9.88 Å². The molecule has 2 aliphatic heterocycles. The fraction of sp³-hybridized carbons (Fsp3) is 0.667. The summed E-state index contributed by atoms with van der Waals surface area (Å²) in [6.07, 6.45) is 10.2. The van der Waals surface area contributed by atoms with Crippen LogP contribution in [0.3, 0.4) is 0 Å². The molecule has 38 heavy (non-hydrogen) atoms. The van der Waals surface area contributed by atoms with Gasteiger partial charge in [-0.3, -0.25) is 4.79 Å². The Morgan fingerprint density at radius 3 is 2.45 bits per heavy atom. The van der Waals surface area contributed by atoms with Crippen LogP contribution in [0.4, 0.5) is 0 Å². The predicted molar refractivity (Wildman–Crippen MR) is 152 cm³/mol. The zero-order valence-corrected chi connectivity index (χ0v) is 24.2. The van der Waals surface area contributed by atoms with Crippen molar-refractivity contribution in [2.45, 2.75) is 103 Å². The van der Waals surface area contributed by atoms with Crippen molar-refractivity contribution < 1.29 is 14.3 Å². The molecule has 1 aromatic heterocycles. The van der Waals surface area contributed by atoms with Gasteiger partial charge in [0.1, 0.15) is 5.75 Å². The molecule has 6 rings (SSSR count). The van der Waals surface area contributed by atoms with Crippen LogP contribution >= 0.6 is 0 Å². The molecule has 1 aromatic carbocycles. The van der Waals surface area contributed by atoms with Gasteiger partial charge in [-0.15, -0.1) is 0 Å². The maximum absolute atomic E-state index is 13.5. The number of ether oxygens (including phenoxy) is 2. The van der Waals surface area contributed by atoms with Crippen LogP contribution in [-0.4, -0.2) is 36.8 Å². The normalized spacial score (nSPS) is 21.9. The SMILES string of the molecule is Cc1c(C(=O)NCC2(C)COC2)cc(-c2cc(C(C)(C)C)c3c(c2)C2(CCO3)CC2)n1CC1CCCCC1. The molecule has 0 bridgehead atoms. The van der Waals surface area contributed by atoms with E-state index >= 15 is 0 Å². The van der Waals surface area contributed by atoms with E-state index < -0.39 is 0 Å². The van der Waals surface area contributed by atoms with Gasteiger partial charge in [0.15, 0.2) is 0 Å². The molecule has 2 aromatic rings. The molecule has 206 valence electrons. The number of hydrogen-bond acceptors (Lipinski definition) is 3. The second-order valence-corrected chi connectivity index (χ2v) is 14.2. The lowest BCUT2D eigenvalue weighted by Crippen LogP contribution is -2.48. The Balaban J connectivity index is 1.43. The molecule has 1 saturated heterocycles. The Kier molecular flexibility index (Phi) is 6.45. The van der Waals surface area contributed by atoms with Crippen LogP contribution in [0.5, 0.6) is 5.75 Å². The van der Waals surface area contributed by atoms with Gasteiger partial charge in [-0.05, 0) is 74.1 Å². The molecule has 2 saturated carbocycles. The first-order valence-electron chi connectivity index (χ1n) is 15.0. The quantitative estimate of drug-likeness (QED) is 0.451. The molecular weight excluding hydrogens is 472 g/mol. The summed E-state index contributed by atoms with van der Waals surface area (Å²) in [6, 6.07) is 6.95. The fourth-order valence-corrected chi connectivity index (χ4v) is 6.96. The van der Waals surface area contributed by atoms with E-state index in [-0.39, 0.29) is 16.7 Å². The average molecular weight is 519 g/mol. The Morgan fingerprint density at radius 1 is 1.08 bits per heavy atom. The molecule has 1 N–H and O–H groups in total. The van der Waals surface area contributed by atoms with Gasteiger partial charge in [0.05, 0.1) is 25.4 Å². The molecular formula is C33H46N2O3. The first-order valence-corrected chi connectivity index (χ1v) is 15.0. The highest BCUT2D eigenvalue weighted by Gasteiger charge is 2.49. The van der Waals surface area contributed by atoms with E-state index in [1.54, 1.807) is 0 Å². The molecule has 1 spiro atoms. The van der Waals surface area contributed by atoms with Gasteiger partial charge in [0, 0.05) is 46.4 Å². The number of hydrogen-bond donors (Lipinski definition) is 1. The molecule has 1 amide bonds. The van der Waals surface area contributed by atoms with E-state index in [0.717, 1.165) is 36.6 Å². The van der Waals surface area contributed by atoms with E-state index in [9.17, 15) is 4.79 Å². The number of fused-ring (bicyclic) bond motifs is 2. The largest absolute Gasteiger partial charge is 0.493 e. The van der Waals surface area contributed by atoms with Crippen molar-refractivity contribution in [3.05, 3.63) is 40.6 Å². The van der Waals surface area contributed by atoms with Crippen LogP contribution < -0.4 is 10.1 Å². The minimum atomic E-state index is -0.0240. The highest BCUT2D eigenvalue weighted by molar-refractivity contribution is 5.97. The van der Waals surface area contributed by atoms with E-state index in [1.165, 1.54) is 67.3 Å². The third-order valence-electron chi connectivity index (χ3n) is 9.80. The van der Waals surface area contributed by atoms with Gasteiger partial charge >= 0.3 is 0 Å². The summed E-state index contributed by atoms with van der Waals surface area (Å²) in [5.41, 5.74) is 7.34. The minimum Gasteiger partial charge on any atom is -0.493 e. The third-order valence-corrected chi connectivity index (χ3v) is 9.80. The second-order valence-electron chi connectivity index (χ2n) is 14.2. The van der Waals surface area contributed by atoms with Crippen LogP contribution in [0.25, 0.3) is 11.3 Å². The Morgan fingerprint density at radius 2 is 1.82 bits per heavy atom. The molecule has 0 unspecified atom stereocenters. The summed E-state index contributed by atoms with van der Waals surface area (Å²) in [5.74, 6) is 1.84. The lowest BCUT2D eigenvalue weighted by molar-refractivity contribution is -0.0978. The van der Waals surface area contributed by atoms with Gasteiger partial charge < -0.3 is 19.4 Å². The second kappa shape index (κ2) is 9.43. The number of nitrogens with one attached hydrogen (secondary N) is 1. The molecule has 5 nitrogen and oxygen atoms in total. The summed E-state index contributed by atoms with van der Waals surface area (Å²) >= 11 is 0. The number of rotatable bonds is 6. The standard InChI is InChI=1S/C33H46N2O3/c1-22-25(30(36)34-19-32(5)20-37-21-32)17-28(35(22)18-23-9-7-6-8-10-23)24-15-26(31(2,3)4)29-27(16-24)33(11-12-33)13-14-38-29/h15-17,23H,6-14,18-21H2,1-5H3,(H,34,36). The van der Waals surface area contributed by atoms with E-state index in [4.69, 9.17) is 9.47 Å². The fourth-order valence-electron chi connectivity index (χ4n) is 6.96. The van der Waals surface area contributed by atoms with E-state index in [0.29, 0.717) is 31.1 Å². The molecule has 2 aliphatic carbocycles. The summed E-state index contributed by atoms with van der Waals surface area (Å²) in [7, 11) is 0. The number of amides is 1. The topological polar surface area (TPSA) is 52.5 Å². The lowest BCUT2D eigenvalue weighted by Gasteiger charge is -2.38. The van der Waals surface area contributed by atoms with Crippen molar-refractivity contribution in [3.63, 3.8) is 0 Å². The number of benzene rings is 1. The molecule has 3 heterocycles. The monoisotopic (exact) mass is 518 g/mol. The van der Waals surface area contributed by atoms with Crippen molar-refractivity contribution in [3.8, 4) is 17.0 Å². The van der Waals surface area contributed by atoms with Gasteiger partial charge in [-0.2, -0.15) is 0 Å². The summed E-state index contributed by atoms with van der Waals surface area (Å²) < 4.78 is 14.2. The van der Waals surface area contributed by atoms with Crippen molar-refractivity contribution in [1.29, 1.82) is 0 Å². The molecule has 0 atom stereocenters. The summed E-state index contributed by atoms with van der Waals surface area (Å²) in [6.45, 7) is 15.1. The average Bonchev–Trinajstić information content (AvgIpc) is 3.57. The van der Waals surface area contributed by atoms with Crippen molar-refractivity contribution in [2.75, 3.05) is 26.4 Å². The van der Waals surface area contributed by atoms with Crippen LogP contribution in [-0.2, 0) is 22.1 Å². The van der Waals surface area contributed by atoms with Crippen LogP contribution in [0, 0.1) is 18.3 Å². The van der Waals surface area contributed by atoms with Crippen molar-refractivity contribution >= 4 is 5.91 Å². The molecule has 5 heteroatoms. The van der Waals surface area contributed by atoms with Crippen LogP contribution in [0.2, 0.25) is 0 Å². The van der Waals surface area contributed by atoms with E-state index in [2.05, 4.69) is 62.7 Å². The first-order chi connectivity index (χ1) is 18.1. The predicted octanol–water partition coefficient (Wildman–Crippen LogP) is 6.92. The molecule has 3 fully saturated rings. The smallest absolute Gasteiger partial charge is 0.253 e. The van der Waals surface area contributed by atoms with Gasteiger partial charge in [0.2, 0.25) is 0 Å². The summed E-state index contributed by atoms with van der Waals surface area (Å²) in [4.78, 5) is 13.5. The zero-order chi connectivity index (χ0) is 26.7. The van der Waals surface area contributed by atoms with Gasteiger partial charge in [-0.25, -0.2) is 0 Å². The Hall–Kier alpha value is -2.27. The van der Waals surface area contributed by atoms with E-state index in [1.807, 2.05) is 0 Å². The van der Waals surface area contributed by atoms with Crippen molar-refractivity contribution in [2.24, 2.45) is 11.3 Å². The maximum atomic E-state index is 13.5. The zero-order valence-electron chi connectivity index (χ0n) is 24.2. The molecule has 4 aliphatic rings. The maximum Gasteiger partial charge on any atom is 0.253 e. The third kappa shape index (κ3) is 4.69. The number of aromatic nitrogens is 1. The summed E-state index contributed by atoms with van der Waals surface area (Å²) in [5, 5.41) is 3.23. The highest BCUT2D eigenvalue weighted by Crippen LogP contribution is 2.58. The van der Waals surface area contributed by atoms with Gasteiger partial charge in [0.25, 0.3) is 5.91 Å². The van der Waals surface area contributed by atoms with Crippen LogP contribution in [0.1, 0.15) is 106 Å². The minimum absolute atomic E-state index is 0.0240. The number of carbonyl (C=O) groups is 1. The molecule has 0 radical (unpaired) electrons. The first kappa shape index (κ1) is 26.0. The Bertz CT molecular complexity index is 1200.